The van der Waals surface area contributed by atoms with E-state index in [9.17, 15) is 4.79 Å². The van der Waals surface area contributed by atoms with Crippen LogP contribution in [0.4, 0.5) is 4.79 Å². The van der Waals surface area contributed by atoms with Gasteiger partial charge in [-0.05, 0) is 0 Å². The van der Waals surface area contributed by atoms with E-state index in [-0.39, 0.29) is 6.03 Å². The molecule has 5 heteroatoms. The quantitative estimate of drug-likeness (QED) is 0.428. The molecule has 0 aromatic rings. The third-order valence-electron chi connectivity index (χ3n) is 1.31. The second-order valence-electron chi connectivity index (χ2n) is 2.05. The van der Waals surface area contributed by atoms with Gasteiger partial charge in [0.15, 0.2) is 0 Å². The second kappa shape index (κ2) is 3.93. The molecule has 0 unspecified atom stereocenters. The van der Waals surface area contributed by atoms with E-state index in [1.54, 1.807) is 0 Å². The van der Waals surface area contributed by atoms with Gasteiger partial charge in [0.25, 0.3) is 0 Å². The molecule has 1 fully saturated rings. The van der Waals surface area contributed by atoms with Gasteiger partial charge in [0.05, 0.1) is 0 Å². The maximum absolute atomic E-state index is 11.1. The van der Waals surface area contributed by atoms with E-state index in [1.807, 2.05) is 3.11 Å². The van der Waals surface area contributed by atoms with Gasteiger partial charge in [0.1, 0.15) is 0 Å². The first-order chi connectivity index (χ1) is 4.72. The first kappa shape index (κ1) is 8.82. The van der Waals surface area contributed by atoms with E-state index in [0.29, 0.717) is 0 Å². The van der Waals surface area contributed by atoms with Crippen LogP contribution in [0.15, 0.2) is 0 Å². The fourth-order valence-electron chi connectivity index (χ4n) is 0.823. The molecule has 3 nitrogen and oxygen atoms in total. The van der Waals surface area contributed by atoms with Crippen molar-refractivity contribution in [3.8, 4) is 0 Å². The van der Waals surface area contributed by atoms with Gasteiger partial charge in [-0.3, -0.25) is 0 Å². The summed E-state index contributed by atoms with van der Waals surface area (Å²) >= 11 is 1.32. The van der Waals surface area contributed by atoms with Gasteiger partial charge in [-0.25, -0.2) is 0 Å². The zero-order valence-corrected chi connectivity index (χ0v) is 10.0. The van der Waals surface area contributed by atoms with Crippen molar-refractivity contribution in [3.05, 3.63) is 0 Å². The molecule has 0 aliphatic carbocycles. The summed E-state index contributed by atoms with van der Waals surface area (Å²) in [5, 5.41) is 2.83. The SMILES string of the molecule is CI(I)N1CCCNC1=O. The number of alkyl halides is 1. The number of nitrogens with zero attached hydrogens (tertiary/aromatic N) is 1. The second-order valence-corrected chi connectivity index (χ2v) is 13.3. The van der Waals surface area contributed by atoms with Crippen LogP contribution in [0.1, 0.15) is 6.42 Å². The van der Waals surface area contributed by atoms with Gasteiger partial charge in [0, 0.05) is 0 Å². The Morgan fingerprint density at radius 1 is 1.80 bits per heavy atom. The molecule has 1 heterocycles. The molecule has 0 bridgehead atoms. The van der Waals surface area contributed by atoms with Gasteiger partial charge in [-0.2, -0.15) is 0 Å². The van der Waals surface area contributed by atoms with E-state index < -0.39 is 16.1 Å². The van der Waals surface area contributed by atoms with Crippen LogP contribution in [0.3, 0.4) is 0 Å². The third-order valence-corrected chi connectivity index (χ3v) is 6.79. The Balaban J connectivity index is 2.48. The molecule has 10 heavy (non-hydrogen) atoms. The number of hydrogen-bond acceptors (Lipinski definition) is 1. The first-order valence-corrected chi connectivity index (χ1v) is 12.4. The van der Waals surface area contributed by atoms with Crippen molar-refractivity contribution in [2.24, 2.45) is 0 Å². The van der Waals surface area contributed by atoms with Crippen molar-refractivity contribution in [2.45, 2.75) is 6.42 Å². The van der Waals surface area contributed by atoms with E-state index in [2.05, 4.69) is 28.9 Å². The summed E-state index contributed by atoms with van der Waals surface area (Å²) in [4.78, 5) is 13.3. The molecular weight excluding hydrogens is 358 g/mol. The third kappa shape index (κ3) is 2.11. The Kier molecular flexibility index (Phi) is 3.47. The number of nitrogens with one attached hydrogen (secondary N) is 1. The summed E-state index contributed by atoms with van der Waals surface area (Å²) in [5.41, 5.74) is 0. The van der Waals surface area contributed by atoms with E-state index in [0.717, 1.165) is 19.5 Å². The van der Waals surface area contributed by atoms with E-state index in [4.69, 9.17) is 0 Å². The summed E-state index contributed by atoms with van der Waals surface area (Å²) < 4.78 is 1.99. The van der Waals surface area contributed by atoms with Gasteiger partial charge in [0.2, 0.25) is 0 Å². The monoisotopic (exact) mass is 368 g/mol. The van der Waals surface area contributed by atoms with Crippen LogP contribution in [-0.2, 0) is 0 Å². The average molecular weight is 368 g/mol. The molecule has 1 N–H and O–H groups in total. The molecule has 1 aliphatic rings. The molecule has 1 aliphatic heterocycles. The maximum atomic E-state index is 11.1. The molecule has 2 amide bonds. The predicted molar refractivity (Wildman–Crippen MR) is 58.7 cm³/mol. The zero-order chi connectivity index (χ0) is 7.56. The van der Waals surface area contributed by atoms with Gasteiger partial charge in [-0.15, -0.1) is 0 Å². The van der Waals surface area contributed by atoms with Crippen LogP contribution in [0.5, 0.6) is 0 Å². The van der Waals surface area contributed by atoms with Crippen molar-refractivity contribution in [3.63, 3.8) is 0 Å². The van der Waals surface area contributed by atoms with Crippen LogP contribution in [0, 0.1) is 0 Å². The molecule has 60 valence electrons. The Labute approximate surface area is 77.8 Å². The number of hydrogen-bond donors (Lipinski definition) is 1. The summed E-state index contributed by atoms with van der Waals surface area (Å²) in [5.74, 6) is 0. The Morgan fingerprint density at radius 3 is 2.90 bits per heavy atom. The number of halogens is 2. The van der Waals surface area contributed by atoms with Gasteiger partial charge >= 0.3 is 78.4 Å². The normalized spacial score (nSPS) is 20.4. The van der Waals surface area contributed by atoms with E-state index in [1.165, 1.54) is 0 Å². The Morgan fingerprint density at radius 2 is 2.50 bits per heavy atom. The number of urea groups is 1. The van der Waals surface area contributed by atoms with Crippen LogP contribution in [0.25, 0.3) is 0 Å². The Hall–Kier alpha value is 0.730. The number of amides is 2. The summed E-state index contributed by atoms with van der Waals surface area (Å²) in [6, 6.07) is 0.147. The van der Waals surface area contributed by atoms with E-state index >= 15 is 0 Å². The molecule has 0 saturated carbocycles. The number of carbonyl (C=O) groups excluding carboxylic acids is 1. The fourth-order valence-corrected chi connectivity index (χ4v) is 4.94. The zero-order valence-electron chi connectivity index (χ0n) is 5.73. The molecule has 0 spiro atoms. The van der Waals surface area contributed by atoms with Crippen LogP contribution in [-0.4, -0.2) is 27.2 Å². The summed E-state index contributed by atoms with van der Waals surface area (Å²) in [7, 11) is 0. The van der Waals surface area contributed by atoms with Crippen LogP contribution >= 0.6 is 34.7 Å². The molecule has 0 radical (unpaired) electrons. The first-order valence-electron chi connectivity index (χ1n) is 3.04. The Bertz CT molecular complexity index is 140. The van der Waals surface area contributed by atoms with Gasteiger partial charge in [-0.1, -0.05) is 0 Å². The molecule has 0 atom stereocenters. The van der Waals surface area contributed by atoms with Crippen molar-refractivity contribution in [1.29, 1.82) is 0 Å². The molecule has 0 aromatic carbocycles. The minimum absolute atomic E-state index is 0.147. The van der Waals surface area contributed by atoms with Crippen molar-refractivity contribution in [1.82, 2.24) is 8.43 Å². The minimum atomic E-state index is -1.07. The predicted octanol–water partition coefficient (Wildman–Crippen LogP) is 1.80. The van der Waals surface area contributed by atoms with Crippen molar-refractivity contribution < 1.29 is 4.79 Å². The fraction of sp³-hybridized carbons (Fsp3) is 0.800. The topological polar surface area (TPSA) is 32.3 Å². The average Bonchev–Trinajstić information content (AvgIpc) is 1.88. The summed E-state index contributed by atoms with van der Waals surface area (Å²) in [6.45, 7) is 1.83. The summed E-state index contributed by atoms with van der Waals surface area (Å²) in [6.07, 6.45) is 1.11. The van der Waals surface area contributed by atoms with Crippen molar-refractivity contribution in [2.75, 3.05) is 18.0 Å². The number of rotatable bonds is 1. The van der Waals surface area contributed by atoms with Crippen LogP contribution < -0.4 is 5.32 Å². The molecule has 1 rings (SSSR count). The molecule has 1 saturated heterocycles. The molecule has 0 aromatic heterocycles. The standard InChI is InChI=1S/C5H10I2N2O/c1-7(6)9-4-2-3-8-5(9)10/h2-4H2,1H3,(H,8,10). The molecular formula is C5H10I2N2O. The van der Waals surface area contributed by atoms with Crippen molar-refractivity contribution >= 4 is 40.8 Å². The van der Waals surface area contributed by atoms with Gasteiger partial charge < -0.3 is 0 Å². The van der Waals surface area contributed by atoms with Crippen LogP contribution in [0.2, 0.25) is 0 Å². The number of carbonyl (C=O) groups is 1.